The number of nitrogens with zero attached hydrogens (tertiary/aromatic N) is 1. The SMILES string of the molecule is COc1ccc([C@@H](CNC(=O)c2sc3cc(C)ccc3c2Cl)N2CCOCC2)cc1. The molecule has 1 aliphatic rings. The molecule has 1 aromatic heterocycles. The quantitative estimate of drug-likeness (QED) is 0.600. The number of hydrogen-bond donors (Lipinski definition) is 1. The van der Waals surface area contributed by atoms with Crippen LogP contribution in [-0.4, -0.2) is 50.8 Å². The van der Waals surface area contributed by atoms with Gasteiger partial charge in [0, 0.05) is 29.7 Å². The highest BCUT2D eigenvalue weighted by Gasteiger charge is 2.25. The van der Waals surface area contributed by atoms with Gasteiger partial charge in [-0.1, -0.05) is 35.9 Å². The molecular weight excluding hydrogens is 420 g/mol. The number of amides is 1. The highest BCUT2D eigenvalue weighted by Crippen LogP contribution is 2.36. The second-order valence-corrected chi connectivity index (χ2v) is 8.82. The Morgan fingerprint density at radius 1 is 1.23 bits per heavy atom. The number of carbonyl (C=O) groups excluding carboxylic acids is 1. The van der Waals surface area contributed by atoms with Crippen LogP contribution < -0.4 is 10.1 Å². The summed E-state index contributed by atoms with van der Waals surface area (Å²) < 4.78 is 11.8. The van der Waals surface area contributed by atoms with Crippen molar-refractivity contribution in [3.63, 3.8) is 0 Å². The zero-order valence-electron chi connectivity index (χ0n) is 17.1. The van der Waals surface area contributed by atoms with Crippen molar-refractivity contribution in [3.8, 4) is 5.75 Å². The standard InChI is InChI=1S/C23H25ClN2O3S/c1-15-3-8-18-20(13-15)30-22(21(18)24)23(27)25-14-19(26-9-11-29-12-10-26)16-4-6-17(28-2)7-5-16/h3-8,13,19H,9-12,14H2,1-2H3,(H,25,27)/t19-/m1/s1. The number of nitrogens with one attached hydrogen (secondary N) is 1. The molecule has 0 bridgehead atoms. The Morgan fingerprint density at radius 2 is 1.97 bits per heavy atom. The van der Waals surface area contributed by atoms with E-state index in [1.807, 2.05) is 31.2 Å². The molecule has 2 heterocycles. The van der Waals surface area contributed by atoms with E-state index in [4.69, 9.17) is 21.1 Å². The third-order valence-corrected chi connectivity index (χ3v) is 7.09. The molecule has 1 saturated heterocycles. The van der Waals surface area contributed by atoms with Gasteiger partial charge in [-0.25, -0.2) is 0 Å². The summed E-state index contributed by atoms with van der Waals surface area (Å²) in [4.78, 5) is 15.9. The molecule has 0 unspecified atom stereocenters. The van der Waals surface area contributed by atoms with Gasteiger partial charge in [0.1, 0.15) is 10.6 Å². The molecule has 0 aliphatic carbocycles. The minimum atomic E-state index is -0.134. The largest absolute Gasteiger partial charge is 0.497 e. The summed E-state index contributed by atoms with van der Waals surface area (Å²) in [5.41, 5.74) is 2.29. The second kappa shape index (κ2) is 9.35. The summed E-state index contributed by atoms with van der Waals surface area (Å²) in [6, 6.07) is 14.1. The first-order chi connectivity index (χ1) is 14.6. The number of halogens is 1. The molecule has 2 aromatic carbocycles. The van der Waals surface area contributed by atoms with Crippen LogP contribution in [0.1, 0.15) is 26.8 Å². The van der Waals surface area contributed by atoms with Crippen molar-refractivity contribution >= 4 is 38.9 Å². The van der Waals surface area contributed by atoms with E-state index in [1.165, 1.54) is 11.3 Å². The average Bonchev–Trinajstić information content (AvgIpc) is 3.10. The average molecular weight is 445 g/mol. The lowest BCUT2D eigenvalue weighted by atomic mass is 10.0. The molecule has 1 fully saturated rings. The minimum absolute atomic E-state index is 0.0548. The minimum Gasteiger partial charge on any atom is -0.497 e. The third-order valence-electron chi connectivity index (χ3n) is 5.43. The number of benzene rings is 2. The molecule has 7 heteroatoms. The predicted octanol–water partition coefficient (Wildman–Crippen LogP) is 4.68. The lowest BCUT2D eigenvalue weighted by molar-refractivity contribution is 0.0162. The van der Waals surface area contributed by atoms with Crippen LogP contribution in [0, 0.1) is 6.92 Å². The zero-order valence-corrected chi connectivity index (χ0v) is 18.7. The zero-order chi connectivity index (χ0) is 21.1. The summed E-state index contributed by atoms with van der Waals surface area (Å²) in [5.74, 6) is 0.682. The second-order valence-electron chi connectivity index (χ2n) is 7.39. The molecule has 0 spiro atoms. The normalized spacial score (nSPS) is 15.8. The van der Waals surface area contributed by atoms with Crippen LogP contribution in [-0.2, 0) is 4.74 Å². The van der Waals surface area contributed by atoms with E-state index in [0.29, 0.717) is 29.7 Å². The van der Waals surface area contributed by atoms with E-state index in [1.54, 1.807) is 7.11 Å². The molecule has 1 amide bonds. The maximum Gasteiger partial charge on any atom is 0.262 e. The Morgan fingerprint density at radius 3 is 2.67 bits per heavy atom. The van der Waals surface area contributed by atoms with Crippen LogP contribution in [0.25, 0.3) is 10.1 Å². The number of methoxy groups -OCH3 is 1. The molecule has 3 aromatic rings. The smallest absolute Gasteiger partial charge is 0.262 e. The summed E-state index contributed by atoms with van der Waals surface area (Å²) in [6.45, 7) is 5.58. The Hall–Kier alpha value is -2.12. The van der Waals surface area contributed by atoms with Crippen LogP contribution in [0.4, 0.5) is 0 Å². The van der Waals surface area contributed by atoms with Gasteiger partial charge in [-0.2, -0.15) is 0 Å². The summed E-state index contributed by atoms with van der Waals surface area (Å²) in [5, 5.41) is 4.57. The van der Waals surface area contributed by atoms with Crippen LogP contribution in [0.15, 0.2) is 42.5 Å². The highest BCUT2D eigenvalue weighted by atomic mass is 35.5. The monoisotopic (exact) mass is 444 g/mol. The van der Waals surface area contributed by atoms with Gasteiger partial charge in [0.05, 0.1) is 31.4 Å². The highest BCUT2D eigenvalue weighted by molar-refractivity contribution is 7.21. The number of hydrogen-bond acceptors (Lipinski definition) is 5. The van der Waals surface area contributed by atoms with Crippen molar-refractivity contribution in [2.75, 3.05) is 40.0 Å². The van der Waals surface area contributed by atoms with Gasteiger partial charge >= 0.3 is 0 Å². The Balaban J connectivity index is 1.54. The molecule has 158 valence electrons. The van der Waals surface area contributed by atoms with Gasteiger partial charge in [-0.3, -0.25) is 9.69 Å². The van der Waals surface area contributed by atoms with Crippen molar-refractivity contribution in [2.45, 2.75) is 13.0 Å². The Kier molecular flexibility index (Phi) is 6.58. The van der Waals surface area contributed by atoms with Crippen LogP contribution >= 0.6 is 22.9 Å². The molecule has 5 nitrogen and oxygen atoms in total. The molecular formula is C23H25ClN2O3S. The van der Waals surface area contributed by atoms with Gasteiger partial charge < -0.3 is 14.8 Å². The van der Waals surface area contributed by atoms with E-state index in [-0.39, 0.29) is 11.9 Å². The van der Waals surface area contributed by atoms with Crippen molar-refractivity contribution in [3.05, 3.63) is 63.5 Å². The Bertz CT molecular complexity index is 1030. The summed E-state index contributed by atoms with van der Waals surface area (Å²) in [7, 11) is 1.66. The fraction of sp³-hybridized carbons (Fsp3) is 0.348. The Labute approximate surface area is 185 Å². The number of aryl methyl sites for hydroxylation is 1. The van der Waals surface area contributed by atoms with Crippen molar-refractivity contribution in [1.82, 2.24) is 10.2 Å². The van der Waals surface area contributed by atoms with Crippen molar-refractivity contribution < 1.29 is 14.3 Å². The lowest BCUT2D eigenvalue weighted by Gasteiger charge is -2.35. The van der Waals surface area contributed by atoms with E-state index in [0.717, 1.165) is 40.1 Å². The van der Waals surface area contributed by atoms with E-state index < -0.39 is 0 Å². The molecule has 30 heavy (non-hydrogen) atoms. The number of carbonyl (C=O) groups is 1. The third kappa shape index (κ3) is 4.47. The molecule has 0 radical (unpaired) electrons. The van der Waals surface area contributed by atoms with Gasteiger partial charge in [0.15, 0.2) is 0 Å². The molecule has 1 N–H and O–H groups in total. The molecule has 1 aliphatic heterocycles. The van der Waals surface area contributed by atoms with Gasteiger partial charge in [0.2, 0.25) is 0 Å². The van der Waals surface area contributed by atoms with Crippen LogP contribution in [0.2, 0.25) is 5.02 Å². The van der Waals surface area contributed by atoms with E-state index >= 15 is 0 Å². The molecule has 0 saturated carbocycles. The number of rotatable bonds is 6. The van der Waals surface area contributed by atoms with Crippen molar-refractivity contribution in [2.24, 2.45) is 0 Å². The number of ether oxygens (including phenoxy) is 2. The van der Waals surface area contributed by atoms with Crippen molar-refractivity contribution in [1.29, 1.82) is 0 Å². The first kappa shape index (κ1) is 21.1. The number of thiophene rings is 1. The summed E-state index contributed by atoms with van der Waals surface area (Å²) >= 11 is 7.97. The fourth-order valence-electron chi connectivity index (χ4n) is 3.76. The first-order valence-electron chi connectivity index (χ1n) is 9.99. The predicted molar refractivity (Wildman–Crippen MR) is 122 cm³/mol. The maximum atomic E-state index is 13.0. The lowest BCUT2D eigenvalue weighted by Crippen LogP contribution is -2.43. The number of morpholine rings is 1. The van der Waals surface area contributed by atoms with E-state index in [2.05, 4.69) is 28.4 Å². The van der Waals surface area contributed by atoms with E-state index in [9.17, 15) is 4.79 Å². The van der Waals surface area contributed by atoms with Crippen LogP contribution in [0.3, 0.4) is 0 Å². The molecule has 4 rings (SSSR count). The topological polar surface area (TPSA) is 50.8 Å². The maximum absolute atomic E-state index is 13.0. The first-order valence-corrected chi connectivity index (χ1v) is 11.2. The summed E-state index contributed by atoms with van der Waals surface area (Å²) in [6.07, 6.45) is 0. The fourth-order valence-corrected chi connectivity index (χ4v) is 5.29. The molecule has 1 atom stereocenters. The van der Waals surface area contributed by atoms with Crippen LogP contribution in [0.5, 0.6) is 5.75 Å². The van der Waals surface area contributed by atoms with Gasteiger partial charge in [-0.05, 0) is 36.2 Å². The number of fused-ring (bicyclic) bond motifs is 1. The van der Waals surface area contributed by atoms with Gasteiger partial charge in [0.25, 0.3) is 5.91 Å². The van der Waals surface area contributed by atoms with Gasteiger partial charge in [-0.15, -0.1) is 11.3 Å².